The first-order valence-electron chi connectivity index (χ1n) is 7.44. The van der Waals surface area contributed by atoms with Gasteiger partial charge in [0.05, 0.1) is 7.11 Å². The molecule has 1 N–H and O–H groups in total. The van der Waals surface area contributed by atoms with Crippen molar-refractivity contribution >= 4 is 22.7 Å². The number of aryl methyl sites for hydroxylation is 2. The number of amides is 1. The average Bonchev–Trinajstić information content (AvgIpc) is 2.92. The Morgan fingerprint density at radius 3 is 2.91 bits per heavy atom. The molecule has 0 unspecified atom stereocenters. The standard InChI is InChI=1S/C18H18N2O3/c1-12-19-15-9-8-14(11-17(15)23-12)20-18(21)10-7-13-5-3-4-6-16(13)22-2/h3-6,8-9,11H,7,10H2,1-2H3,(H,20,21). The monoisotopic (exact) mass is 310 g/mol. The fourth-order valence-electron chi connectivity index (χ4n) is 2.50. The summed E-state index contributed by atoms with van der Waals surface area (Å²) in [5.74, 6) is 1.37. The molecule has 0 saturated heterocycles. The lowest BCUT2D eigenvalue weighted by molar-refractivity contribution is -0.116. The molecule has 0 saturated carbocycles. The van der Waals surface area contributed by atoms with Crippen molar-refractivity contribution < 1.29 is 13.9 Å². The zero-order chi connectivity index (χ0) is 16.2. The highest BCUT2D eigenvalue weighted by atomic mass is 16.5. The Labute approximate surface area is 134 Å². The van der Waals surface area contributed by atoms with E-state index in [1.807, 2.05) is 36.4 Å². The van der Waals surface area contributed by atoms with E-state index >= 15 is 0 Å². The van der Waals surface area contributed by atoms with Crippen molar-refractivity contribution in [3.63, 3.8) is 0 Å². The van der Waals surface area contributed by atoms with Crippen molar-refractivity contribution in [1.82, 2.24) is 4.98 Å². The number of carbonyl (C=O) groups excluding carboxylic acids is 1. The van der Waals surface area contributed by atoms with Crippen LogP contribution < -0.4 is 10.1 Å². The lowest BCUT2D eigenvalue weighted by Crippen LogP contribution is -2.12. The van der Waals surface area contributed by atoms with Crippen LogP contribution in [0.4, 0.5) is 5.69 Å². The average molecular weight is 310 g/mol. The molecule has 118 valence electrons. The maximum atomic E-state index is 12.1. The van der Waals surface area contributed by atoms with Crippen molar-refractivity contribution in [1.29, 1.82) is 0 Å². The summed E-state index contributed by atoms with van der Waals surface area (Å²) in [6.45, 7) is 1.80. The molecule has 5 nitrogen and oxygen atoms in total. The Balaban J connectivity index is 1.64. The van der Waals surface area contributed by atoms with Gasteiger partial charge in [-0.3, -0.25) is 4.79 Å². The molecule has 1 heterocycles. The smallest absolute Gasteiger partial charge is 0.224 e. The van der Waals surface area contributed by atoms with Gasteiger partial charge in [-0.15, -0.1) is 0 Å². The molecule has 3 aromatic rings. The normalized spacial score (nSPS) is 10.7. The van der Waals surface area contributed by atoms with E-state index in [9.17, 15) is 4.79 Å². The Kier molecular flexibility index (Phi) is 4.28. The minimum absolute atomic E-state index is 0.0495. The molecule has 3 rings (SSSR count). The second kappa shape index (κ2) is 6.52. The van der Waals surface area contributed by atoms with Gasteiger partial charge in [-0.25, -0.2) is 4.98 Å². The number of hydrogen-bond acceptors (Lipinski definition) is 4. The van der Waals surface area contributed by atoms with Gasteiger partial charge in [0.2, 0.25) is 5.91 Å². The summed E-state index contributed by atoms with van der Waals surface area (Å²) in [6.07, 6.45) is 1.01. The number of anilines is 1. The molecule has 5 heteroatoms. The number of oxazole rings is 1. The lowest BCUT2D eigenvalue weighted by Gasteiger charge is -2.08. The number of benzene rings is 2. The van der Waals surface area contributed by atoms with E-state index in [2.05, 4.69) is 10.3 Å². The van der Waals surface area contributed by atoms with E-state index in [-0.39, 0.29) is 5.91 Å². The molecule has 0 bridgehead atoms. The molecule has 0 atom stereocenters. The predicted molar refractivity (Wildman–Crippen MR) is 88.7 cm³/mol. The molecule has 0 spiro atoms. The van der Waals surface area contributed by atoms with Gasteiger partial charge in [-0.2, -0.15) is 0 Å². The Morgan fingerprint density at radius 1 is 1.26 bits per heavy atom. The van der Waals surface area contributed by atoms with Crippen LogP contribution in [0.15, 0.2) is 46.9 Å². The first kappa shape index (κ1) is 15.1. The van der Waals surface area contributed by atoms with Gasteiger partial charge in [0.25, 0.3) is 0 Å². The van der Waals surface area contributed by atoms with Gasteiger partial charge >= 0.3 is 0 Å². The molecule has 23 heavy (non-hydrogen) atoms. The highest BCUT2D eigenvalue weighted by molar-refractivity contribution is 5.92. The van der Waals surface area contributed by atoms with Crippen LogP contribution in [0, 0.1) is 6.92 Å². The Hall–Kier alpha value is -2.82. The van der Waals surface area contributed by atoms with Crippen molar-refractivity contribution in [2.45, 2.75) is 19.8 Å². The summed E-state index contributed by atoms with van der Waals surface area (Å²) in [7, 11) is 1.63. The van der Waals surface area contributed by atoms with Gasteiger partial charge < -0.3 is 14.5 Å². The molecule has 0 aliphatic carbocycles. The third kappa shape index (κ3) is 3.51. The van der Waals surface area contributed by atoms with Gasteiger partial charge in [0, 0.05) is 25.1 Å². The number of methoxy groups -OCH3 is 1. The zero-order valence-electron chi connectivity index (χ0n) is 13.1. The van der Waals surface area contributed by atoms with Crippen LogP contribution in [0.2, 0.25) is 0 Å². The SMILES string of the molecule is COc1ccccc1CCC(=O)Nc1ccc2nc(C)oc2c1. The Bertz CT molecular complexity index is 839. The van der Waals surface area contributed by atoms with Gasteiger partial charge in [-0.05, 0) is 30.2 Å². The summed E-state index contributed by atoms with van der Waals surface area (Å²) in [5, 5.41) is 2.88. The minimum Gasteiger partial charge on any atom is -0.496 e. The zero-order valence-corrected chi connectivity index (χ0v) is 13.1. The van der Waals surface area contributed by atoms with Gasteiger partial charge in [0.15, 0.2) is 11.5 Å². The quantitative estimate of drug-likeness (QED) is 0.780. The third-order valence-electron chi connectivity index (χ3n) is 3.59. The van der Waals surface area contributed by atoms with Crippen LogP contribution in [0.1, 0.15) is 17.9 Å². The van der Waals surface area contributed by atoms with Crippen LogP contribution in [-0.2, 0) is 11.2 Å². The number of rotatable bonds is 5. The summed E-state index contributed by atoms with van der Waals surface area (Å²) in [4.78, 5) is 16.4. The maximum absolute atomic E-state index is 12.1. The van der Waals surface area contributed by atoms with Crippen LogP contribution in [0.5, 0.6) is 5.75 Å². The van der Waals surface area contributed by atoms with Gasteiger partial charge in [-0.1, -0.05) is 18.2 Å². The molecular weight excluding hydrogens is 292 g/mol. The molecule has 1 amide bonds. The van der Waals surface area contributed by atoms with Crippen LogP contribution in [0.3, 0.4) is 0 Å². The number of nitrogens with one attached hydrogen (secondary N) is 1. The first-order valence-corrected chi connectivity index (χ1v) is 7.44. The number of para-hydroxylation sites is 1. The minimum atomic E-state index is -0.0495. The fourth-order valence-corrected chi connectivity index (χ4v) is 2.50. The van der Waals surface area contributed by atoms with E-state index in [0.29, 0.717) is 30.0 Å². The van der Waals surface area contributed by atoms with E-state index in [1.165, 1.54) is 0 Å². The fraction of sp³-hybridized carbons (Fsp3) is 0.222. The third-order valence-corrected chi connectivity index (χ3v) is 3.59. The number of nitrogens with zero attached hydrogens (tertiary/aromatic N) is 1. The maximum Gasteiger partial charge on any atom is 0.224 e. The largest absolute Gasteiger partial charge is 0.496 e. The van der Waals surface area contributed by atoms with Crippen molar-refractivity contribution in [2.24, 2.45) is 0 Å². The van der Waals surface area contributed by atoms with E-state index in [0.717, 1.165) is 16.8 Å². The summed E-state index contributed by atoms with van der Waals surface area (Å²) >= 11 is 0. The molecule has 1 aromatic heterocycles. The summed E-state index contributed by atoms with van der Waals surface area (Å²) in [6, 6.07) is 13.2. The van der Waals surface area contributed by atoms with Crippen molar-refractivity contribution in [3.05, 3.63) is 53.9 Å². The number of hydrogen-bond donors (Lipinski definition) is 1. The Morgan fingerprint density at radius 2 is 2.09 bits per heavy atom. The van der Waals surface area contributed by atoms with E-state index in [1.54, 1.807) is 20.1 Å². The number of ether oxygens (including phenoxy) is 1. The second-order valence-electron chi connectivity index (χ2n) is 5.28. The second-order valence-corrected chi connectivity index (χ2v) is 5.28. The summed E-state index contributed by atoms with van der Waals surface area (Å²) < 4.78 is 10.8. The molecule has 0 aliphatic heterocycles. The van der Waals surface area contributed by atoms with Crippen molar-refractivity contribution in [2.75, 3.05) is 12.4 Å². The molecule has 0 radical (unpaired) electrons. The number of fused-ring (bicyclic) bond motifs is 1. The topological polar surface area (TPSA) is 64.4 Å². The highest BCUT2D eigenvalue weighted by Gasteiger charge is 2.08. The molecule has 0 fully saturated rings. The van der Waals surface area contributed by atoms with E-state index in [4.69, 9.17) is 9.15 Å². The van der Waals surface area contributed by atoms with Crippen LogP contribution in [0.25, 0.3) is 11.1 Å². The molecule has 2 aromatic carbocycles. The molecular formula is C18H18N2O3. The lowest BCUT2D eigenvalue weighted by atomic mass is 10.1. The van der Waals surface area contributed by atoms with Crippen LogP contribution >= 0.6 is 0 Å². The number of aromatic nitrogens is 1. The van der Waals surface area contributed by atoms with Crippen molar-refractivity contribution in [3.8, 4) is 5.75 Å². The molecule has 0 aliphatic rings. The van der Waals surface area contributed by atoms with E-state index < -0.39 is 0 Å². The van der Waals surface area contributed by atoms with Crippen LogP contribution in [-0.4, -0.2) is 18.0 Å². The first-order chi connectivity index (χ1) is 11.2. The van der Waals surface area contributed by atoms with Gasteiger partial charge in [0.1, 0.15) is 11.3 Å². The predicted octanol–water partition coefficient (Wildman–Crippen LogP) is 3.72. The summed E-state index contributed by atoms with van der Waals surface area (Å²) in [5.41, 5.74) is 3.18. The highest BCUT2D eigenvalue weighted by Crippen LogP contribution is 2.21. The number of carbonyl (C=O) groups is 1.